The average molecular weight is 398 g/mol. The van der Waals surface area contributed by atoms with Crippen molar-refractivity contribution in [2.75, 3.05) is 0 Å². The molecule has 5 rings (SSSR count). The van der Waals surface area contributed by atoms with Crippen LogP contribution in [0.15, 0.2) is 72.8 Å². The Kier molecular flexibility index (Phi) is 5.27. The van der Waals surface area contributed by atoms with Crippen LogP contribution in [0.3, 0.4) is 0 Å². The molecule has 2 atom stereocenters. The summed E-state index contributed by atoms with van der Waals surface area (Å²) >= 11 is 2.35. The summed E-state index contributed by atoms with van der Waals surface area (Å²) in [5.74, 6) is 0.387. The molecule has 2 aliphatic rings. The van der Waals surface area contributed by atoms with E-state index < -0.39 is 0 Å². The van der Waals surface area contributed by atoms with Crippen molar-refractivity contribution in [3.8, 4) is 11.1 Å². The van der Waals surface area contributed by atoms with Gasteiger partial charge in [-0.2, -0.15) is 0 Å². The van der Waals surface area contributed by atoms with Crippen molar-refractivity contribution >= 4 is 6.08 Å². The monoisotopic (exact) mass is 397 g/mol. The summed E-state index contributed by atoms with van der Waals surface area (Å²) in [5, 5.41) is 0. The molecule has 0 saturated carbocycles. The Morgan fingerprint density at radius 2 is 1.28 bits per heavy atom. The second-order valence-corrected chi connectivity index (χ2v) is 7.20. The summed E-state index contributed by atoms with van der Waals surface area (Å²) in [7, 11) is 0. The van der Waals surface area contributed by atoms with E-state index in [1.165, 1.54) is 38.9 Å². The second kappa shape index (κ2) is 7.13. The van der Waals surface area contributed by atoms with E-state index in [0.717, 1.165) is 0 Å². The summed E-state index contributed by atoms with van der Waals surface area (Å²) in [6, 6.07) is 24.4. The fourth-order valence-electron chi connectivity index (χ4n) is 4.08. The van der Waals surface area contributed by atoms with Gasteiger partial charge in [0, 0.05) is 0 Å². The van der Waals surface area contributed by atoms with Crippen LogP contribution in [0.1, 0.15) is 38.0 Å². The SMILES string of the molecule is [Cl-].[Cl-].[Ti+2][CH]1c2ccccc2-c2cccc(C3C=Cc4ccccc43)c21. The quantitative estimate of drug-likeness (QED) is 0.484. The molecule has 2 aliphatic carbocycles. The Morgan fingerprint density at radius 1 is 0.640 bits per heavy atom. The fourth-order valence-corrected chi connectivity index (χ4v) is 4.98. The number of allylic oxidation sites excluding steroid dienone is 1. The summed E-state index contributed by atoms with van der Waals surface area (Å²) in [5.41, 5.74) is 10.1. The van der Waals surface area contributed by atoms with Crippen LogP contribution >= 0.6 is 0 Å². The Bertz CT molecular complexity index is 962. The minimum absolute atomic E-state index is 0. The van der Waals surface area contributed by atoms with E-state index in [2.05, 4.69) is 99.3 Å². The van der Waals surface area contributed by atoms with Crippen LogP contribution in [0.5, 0.6) is 0 Å². The van der Waals surface area contributed by atoms with Crippen LogP contribution in [-0.2, 0) is 20.4 Å². The average Bonchev–Trinajstić information content (AvgIpc) is 3.16. The normalized spacial score (nSPS) is 18.6. The maximum absolute atomic E-state index is 2.36. The predicted molar refractivity (Wildman–Crippen MR) is 91.0 cm³/mol. The first-order valence-corrected chi connectivity index (χ1v) is 8.95. The van der Waals surface area contributed by atoms with Gasteiger partial charge in [0.25, 0.3) is 0 Å². The second-order valence-electron chi connectivity index (χ2n) is 6.29. The van der Waals surface area contributed by atoms with Gasteiger partial charge in [-0.25, -0.2) is 0 Å². The molecule has 0 heterocycles. The van der Waals surface area contributed by atoms with Gasteiger partial charge in [-0.1, -0.05) is 0 Å². The van der Waals surface area contributed by atoms with Gasteiger partial charge in [0.15, 0.2) is 0 Å². The van der Waals surface area contributed by atoms with Crippen LogP contribution < -0.4 is 24.8 Å². The van der Waals surface area contributed by atoms with Crippen molar-refractivity contribution in [3.63, 3.8) is 0 Å². The number of benzene rings is 3. The molecule has 0 aromatic heterocycles. The van der Waals surface area contributed by atoms with Gasteiger partial charge in [-0.3, -0.25) is 0 Å². The molecule has 0 bridgehead atoms. The van der Waals surface area contributed by atoms with Gasteiger partial charge >= 0.3 is 148 Å². The maximum atomic E-state index is 2.36. The third kappa shape index (κ3) is 2.73. The summed E-state index contributed by atoms with van der Waals surface area (Å²) in [4.78, 5) is 0. The summed E-state index contributed by atoms with van der Waals surface area (Å²) in [6.45, 7) is 0. The third-order valence-electron chi connectivity index (χ3n) is 5.12. The van der Waals surface area contributed by atoms with Gasteiger partial charge in [-0.05, 0) is 0 Å². The number of hydrogen-bond acceptors (Lipinski definition) is 0. The van der Waals surface area contributed by atoms with Crippen molar-refractivity contribution in [1.29, 1.82) is 0 Å². The molecule has 0 amide bonds. The standard InChI is InChI=1S/C22H15.2ClH.Ti/c1-3-8-17-15(6-1)12-13-21(17)20-11-5-10-19-18-9-4-2-7-16(18)14-22(19)20;;;/h1-14,21H;2*1H;/q;;;+2/p-2. The van der Waals surface area contributed by atoms with E-state index in [0.29, 0.717) is 10.1 Å². The first kappa shape index (κ1) is 18.5. The molecule has 2 unspecified atom stereocenters. The van der Waals surface area contributed by atoms with E-state index in [-0.39, 0.29) is 24.8 Å². The van der Waals surface area contributed by atoms with Crippen molar-refractivity contribution in [2.45, 2.75) is 10.1 Å². The minimum atomic E-state index is 0. The zero-order valence-electron chi connectivity index (χ0n) is 13.4. The van der Waals surface area contributed by atoms with Crippen molar-refractivity contribution in [2.24, 2.45) is 0 Å². The Balaban J connectivity index is 0.000000911. The van der Waals surface area contributed by atoms with Gasteiger partial charge < -0.3 is 24.8 Å². The van der Waals surface area contributed by atoms with E-state index in [4.69, 9.17) is 0 Å². The Labute approximate surface area is 172 Å². The van der Waals surface area contributed by atoms with E-state index in [9.17, 15) is 0 Å². The molecule has 3 aromatic rings. The first-order valence-electron chi connectivity index (χ1n) is 8.05. The molecule has 0 saturated heterocycles. The molecule has 0 nitrogen and oxygen atoms in total. The molecular formula is C22H15Cl2Ti. The molecule has 0 aliphatic heterocycles. The Morgan fingerprint density at radius 3 is 2.12 bits per heavy atom. The molecule has 0 fully saturated rings. The molecule has 3 heteroatoms. The number of halogens is 2. The molecule has 121 valence electrons. The molecule has 0 spiro atoms. The molecule has 0 radical (unpaired) electrons. The molecular weight excluding hydrogens is 383 g/mol. The zero-order chi connectivity index (χ0) is 15.4. The van der Waals surface area contributed by atoms with E-state index >= 15 is 0 Å². The van der Waals surface area contributed by atoms with Gasteiger partial charge in [0.05, 0.1) is 0 Å². The summed E-state index contributed by atoms with van der Waals surface area (Å²) in [6.07, 6.45) is 4.63. The van der Waals surface area contributed by atoms with Crippen LogP contribution in [0.25, 0.3) is 17.2 Å². The van der Waals surface area contributed by atoms with Gasteiger partial charge in [0.1, 0.15) is 0 Å². The van der Waals surface area contributed by atoms with Crippen LogP contribution in [0.4, 0.5) is 0 Å². The van der Waals surface area contributed by atoms with Gasteiger partial charge in [0.2, 0.25) is 0 Å². The van der Waals surface area contributed by atoms with E-state index in [1.807, 2.05) is 0 Å². The Hall–Kier alpha value is -1.31. The molecule has 25 heavy (non-hydrogen) atoms. The number of rotatable bonds is 1. The molecule has 0 N–H and O–H groups in total. The van der Waals surface area contributed by atoms with Crippen molar-refractivity contribution < 1.29 is 45.2 Å². The zero-order valence-corrected chi connectivity index (χ0v) is 16.5. The summed E-state index contributed by atoms with van der Waals surface area (Å²) < 4.78 is 0.471. The first-order chi connectivity index (χ1) is 11.3. The van der Waals surface area contributed by atoms with Crippen LogP contribution in [0.2, 0.25) is 0 Å². The van der Waals surface area contributed by atoms with Crippen LogP contribution in [0, 0.1) is 0 Å². The predicted octanol–water partition coefficient (Wildman–Crippen LogP) is -0.530. The fraction of sp³-hybridized carbons (Fsp3) is 0.0909. The van der Waals surface area contributed by atoms with Gasteiger partial charge in [-0.15, -0.1) is 0 Å². The van der Waals surface area contributed by atoms with E-state index in [1.54, 1.807) is 0 Å². The molecule has 3 aromatic carbocycles. The number of fused-ring (bicyclic) bond motifs is 4. The van der Waals surface area contributed by atoms with Crippen molar-refractivity contribution in [1.82, 2.24) is 0 Å². The number of hydrogen-bond donors (Lipinski definition) is 0. The topological polar surface area (TPSA) is 0 Å². The van der Waals surface area contributed by atoms with Crippen LogP contribution in [-0.4, -0.2) is 0 Å². The third-order valence-corrected chi connectivity index (χ3v) is 6.06. The van der Waals surface area contributed by atoms with Crippen molar-refractivity contribution in [3.05, 3.63) is 101 Å².